The first kappa shape index (κ1) is 6.13. The fourth-order valence-corrected chi connectivity index (χ4v) is 0.289. The van der Waals surface area contributed by atoms with Crippen molar-refractivity contribution in [3.8, 4) is 0 Å². The molecule has 0 aliphatic carbocycles. The summed E-state index contributed by atoms with van der Waals surface area (Å²) in [5, 5.41) is 0. The lowest BCUT2D eigenvalue weighted by atomic mass is 9.47. The van der Waals surface area contributed by atoms with E-state index in [0.29, 0.717) is 0 Å². The molecule has 0 saturated heterocycles. The van der Waals surface area contributed by atoms with Gasteiger partial charge in [-0.3, -0.25) is 0 Å². The van der Waals surface area contributed by atoms with E-state index in [1.807, 2.05) is 0 Å². The fourth-order valence-electron chi connectivity index (χ4n) is 0.289. The molecule has 0 N–H and O–H groups in total. The maximum atomic E-state index is 2.28. The molecule has 0 saturated carbocycles. The molecule has 0 aliphatic rings. The van der Waals surface area contributed by atoms with Crippen LogP contribution < -0.4 is 0 Å². The fraction of sp³-hybridized carbons (Fsp3) is 1.00. The molecule has 0 nitrogen and oxygen atoms in total. The predicted molar refractivity (Wildman–Crippen MR) is 35.4 cm³/mol. The molecule has 0 aliphatic heterocycles. The standard InChI is InChI=1S/C4H12B2/c1-3-4(2)6-5/h4,6H,3,5H2,1-2H3/t4-/m0/s1. The number of hydrogen-bond acceptors (Lipinski definition) is 0. The SMILES string of the molecule is BB[C@@H](C)CC. The van der Waals surface area contributed by atoms with Crippen LogP contribution in [0.2, 0.25) is 5.82 Å². The van der Waals surface area contributed by atoms with Crippen LogP contribution in [0.1, 0.15) is 20.3 Å². The third-order valence-electron chi connectivity index (χ3n) is 1.39. The second-order valence-electron chi connectivity index (χ2n) is 1.92. The lowest BCUT2D eigenvalue weighted by molar-refractivity contribution is 0.877. The summed E-state index contributed by atoms with van der Waals surface area (Å²) >= 11 is 0. The molecular formula is C4H12B2. The maximum absolute atomic E-state index is 2.28. The van der Waals surface area contributed by atoms with E-state index in [9.17, 15) is 0 Å². The molecule has 0 fully saturated rings. The van der Waals surface area contributed by atoms with Crippen molar-refractivity contribution in [3.05, 3.63) is 0 Å². The zero-order valence-electron chi connectivity index (χ0n) is 4.99. The lowest BCUT2D eigenvalue weighted by Gasteiger charge is -1.97. The van der Waals surface area contributed by atoms with Gasteiger partial charge in [0.05, 0.1) is 14.9 Å². The predicted octanol–water partition coefficient (Wildman–Crippen LogP) is 0.189. The third kappa shape index (κ3) is 2.37. The van der Waals surface area contributed by atoms with Crippen LogP contribution in [0.3, 0.4) is 0 Å². The minimum absolute atomic E-state index is 0.935. The van der Waals surface area contributed by atoms with E-state index in [4.69, 9.17) is 0 Å². The second kappa shape index (κ2) is 3.32. The third-order valence-corrected chi connectivity index (χ3v) is 1.39. The Morgan fingerprint density at radius 3 is 2.33 bits per heavy atom. The van der Waals surface area contributed by atoms with Gasteiger partial charge in [-0.15, -0.1) is 0 Å². The van der Waals surface area contributed by atoms with Crippen LogP contribution in [0.4, 0.5) is 0 Å². The summed E-state index contributed by atoms with van der Waals surface area (Å²) in [6, 6.07) is 0. The van der Waals surface area contributed by atoms with Crippen LogP contribution in [-0.2, 0) is 0 Å². The van der Waals surface area contributed by atoms with Crippen LogP contribution in [0.5, 0.6) is 0 Å². The van der Waals surface area contributed by atoms with Crippen molar-refractivity contribution in [1.29, 1.82) is 0 Å². The minimum atomic E-state index is 0.935. The summed E-state index contributed by atoms with van der Waals surface area (Å²) in [6.07, 6.45) is 1.33. The van der Waals surface area contributed by atoms with Gasteiger partial charge in [0.15, 0.2) is 0 Å². The van der Waals surface area contributed by atoms with Crippen molar-refractivity contribution in [1.82, 2.24) is 0 Å². The molecule has 1 atom stereocenters. The molecule has 0 radical (unpaired) electrons. The minimum Gasteiger partial charge on any atom is -0.0767 e. The zero-order chi connectivity index (χ0) is 4.99. The molecule has 0 aromatic rings. The highest BCUT2D eigenvalue weighted by atomic mass is 13.8. The van der Waals surface area contributed by atoms with Crippen molar-refractivity contribution >= 4 is 14.9 Å². The molecule has 0 aromatic heterocycles. The summed E-state index contributed by atoms with van der Waals surface area (Å²) in [4.78, 5) is 0. The molecule has 6 heavy (non-hydrogen) atoms. The normalized spacial score (nSPS) is 13.7. The average Bonchev–Trinajstić information content (AvgIpc) is 1.65. The van der Waals surface area contributed by atoms with Crippen molar-refractivity contribution in [2.45, 2.75) is 26.1 Å². The average molecular weight is 81.8 g/mol. The van der Waals surface area contributed by atoms with Crippen LogP contribution in [-0.4, -0.2) is 14.9 Å². The Morgan fingerprint density at radius 1 is 1.83 bits per heavy atom. The van der Waals surface area contributed by atoms with Gasteiger partial charge in [-0.1, -0.05) is 26.1 Å². The molecule has 0 amide bonds. The molecule has 0 rings (SSSR count). The number of rotatable bonds is 2. The Hall–Kier alpha value is 0.130. The Bertz CT molecular complexity index is 24.7. The van der Waals surface area contributed by atoms with E-state index in [0.717, 1.165) is 5.82 Å². The first-order chi connectivity index (χ1) is 2.81. The van der Waals surface area contributed by atoms with Crippen LogP contribution in [0, 0.1) is 0 Å². The van der Waals surface area contributed by atoms with E-state index in [-0.39, 0.29) is 0 Å². The van der Waals surface area contributed by atoms with Crippen molar-refractivity contribution in [2.24, 2.45) is 0 Å². The molecule has 34 valence electrons. The van der Waals surface area contributed by atoms with E-state index < -0.39 is 0 Å². The van der Waals surface area contributed by atoms with Crippen molar-refractivity contribution in [3.63, 3.8) is 0 Å². The van der Waals surface area contributed by atoms with Crippen molar-refractivity contribution in [2.75, 3.05) is 0 Å². The van der Waals surface area contributed by atoms with Gasteiger partial charge in [-0.05, 0) is 0 Å². The first-order valence-corrected chi connectivity index (χ1v) is 2.81. The summed E-state index contributed by atoms with van der Waals surface area (Å²) in [5.41, 5.74) is 0. The van der Waals surface area contributed by atoms with Gasteiger partial charge in [0.25, 0.3) is 0 Å². The Morgan fingerprint density at radius 2 is 2.33 bits per heavy atom. The highest BCUT2D eigenvalue weighted by Gasteiger charge is 1.91. The van der Waals surface area contributed by atoms with Gasteiger partial charge in [-0.25, -0.2) is 0 Å². The van der Waals surface area contributed by atoms with E-state index in [2.05, 4.69) is 21.6 Å². The Labute approximate surface area is 42.0 Å². The monoisotopic (exact) mass is 82.1 g/mol. The van der Waals surface area contributed by atoms with Gasteiger partial charge in [-0.2, -0.15) is 0 Å². The molecule has 0 aromatic carbocycles. The number of hydrogen-bond donors (Lipinski definition) is 0. The summed E-state index contributed by atoms with van der Waals surface area (Å²) in [6.45, 7) is 4.51. The summed E-state index contributed by atoms with van der Waals surface area (Å²) in [5.74, 6) is 0.935. The van der Waals surface area contributed by atoms with Gasteiger partial charge in [0.1, 0.15) is 0 Å². The smallest absolute Gasteiger partial charge is 0.0767 e. The van der Waals surface area contributed by atoms with Gasteiger partial charge in [0.2, 0.25) is 0 Å². The van der Waals surface area contributed by atoms with Crippen molar-refractivity contribution < 1.29 is 0 Å². The van der Waals surface area contributed by atoms with Crippen LogP contribution >= 0.6 is 0 Å². The second-order valence-corrected chi connectivity index (χ2v) is 1.92. The quantitative estimate of drug-likeness (QED) is 0.417. The van der Waals surface area contributed by atoms with Crippen LogP contribution in [0.15, 0.2) is 0 Å². The summed E-state index contributed by atoms with van der Waals surface area (Å²) < 4.78 is 0. The Balaban J connectivity index is 2.75. The van der Waals surface area contributed by atoms with Crippen LogP contribution in [0.25, 0.3) is 0 Å². The molecule has 0 unspecified atom stereocenters. The van der Waals surface area contributed by atoms with Gasteiger partial charge in [0, 0.05) is 0 Å². The van der Waals surface area contributed by atoms with Gasteiger partial charge >= 0.3 is 0 Å². The van der Waals surface area contributed by atoms with Gasteiger partial charge < -0.3 is 0 Å². The molecule has 0 bridgehead atoms. The summed E-state index contributed by atoms with van der Waals surface area (Å²) in [7, 11) is 3.56. The molecule has 0 heterocycles. The highest BCUT2D eigenvalue weighted by Crippen LogP contribution is 2.01. The topological polar surface area (TPSA) is 0 Å². The highest BCUT2D eigenvalue weighted by molar-refractivity contribution is 6.90. The lowest BCUT2D eigenvalue weighted by Crippen LogP contribution is -1.95. The van der Waals surface area contributed by atoms with E-state index >= 15 is 0 Å². The largest absolute Gasteiger partial charge is 0.0857 e. The Kier molecular flexibility index (Phi) is 3.40. The van der Waals surface area contributed by atoms with E-state index in [1.165, 1.54) is 13.6 Å². The molecule has 0 spiro atoms. The molecular weight excluding hydrogens is 69.7 g/mol. The maximum Gasteiger partial charge on any atom is 0.0857 e. The zero-order valence-corrected chi connectivity index (χ0v) is 4.99. The van der Waals surface area contributed by atoms with E-state index in [1.54, 1.807) is 0 Å². The molecule has 2 heteroatoms. The first-order valence-electron chi connectivity index (χ1n) is 2.81.